The molecule has 0 fully saturated rings. The van der Waals surface area contributed by atoms with Gasteiger partial charge in [-0.25, -0.2) is 23.6 Å². The summed E-state index contributed by atoms with van der Waals surface area (Å²) in [6.07, 6.45) is 5.60. The lowest BCUT2D eigenvalue weighted by Gasteiger charge is -2.10. The van der Waals surface area contributed by atoms with Gasteiger partial charge < -0.3 is 31.8 Å². The monoisotopic (exact) mass is 1030 g/mol. The van der Waals surface area contributed by atoms with Gasteiger partial charge in [0, 0.05) is 21.1 Å². The number of azo groups is 3. The molecule has 0 aliphatic rings. The molecule has 0 aliphatic carbocycles. The zero-order valence-corrected chi connectivity index (χ0v) is 43.7. The van der Waals surface area contributed by atoms with E-state index in [-0.39, 0.29) is 86.5 Å². The van der Waals surface area contributed by atoms with Gasteiger partial charge in [0.05, 0.1) is 53.9 Å². The molecule has 0 bridgehead atoms. The first-order chi connectivity index (χ1) is 35.9. The molecule has 30 heteroatoms. The number of nitrogen functional groups attached to an aromatic ring is 3. The Bertz CT molecular complexity index is 3020. The first kappa shape index (κ1) is 53.8. The van der Waals surface area contributed by atoms with Crippen molar-refractivity contribution in [3.8, 4) is 17.8 Å². The second-order valence-corrected chi connectivity index (χ2v) is 17.2. The largest absolute Gasteiger partial charge is 0.465 e. The van der Waals surface area contributed by atoms with Gasteiger partial charge in [-0.15, -0.1) is 30.7 Å². The van der Waals surface area contributed by atoms with Crippen molar-refractivity contribution in [3.63, 3.8) is 0 Å². The molecule has 0 aromatic carbocycles. The maximum Gasteiger partial charge on any atom is 0.343 e. The van der Waals surface area contributed by atoms with E-state index in [1.54, 1.807) is 41.9 Å². The zero-order chi connectivity index (χ0) is 54.4. The van der Waals surface area contributed by atoms with Crippen LogP contribution in [0.2, 0.25) is 0 Å². The molecule has 7 aromatic heterocycles. The number of aliphatic hydroxyl groups excluding tert-OH is 1. The fourth-order valence-electron chi connectivity index (χ4n) is 8.02. The Hall–Kier alpha value is -8.96. The molecule has 0 spiro atoms. The number of Topliss-reactive ketones (excluding diaryl/α,β-unsaturated/α-hetero) is 1. The average Bonchev–Trinajstić information content (AvgIpc) is 4.20. The summed E-state index contributed by atoms with van der Waals surface area (Å²) in [6.45, 7) is 10.2. The Labute approximate surface area is 429 Å². The molecule has 7 aromatic rings. The number of methoxy groups -OCH3 is 2. The van der Waals surface area contributed by atoms with E-state index in [4.69, 9.17) is 56.9 Å². The van der Waals surface area contributed by atoms with Crippen molar-refractivity contribution in [2.75, 3.05) is 38.0 Å². The molecule has 0 atom stereocenters. The summed E-state index contributed by atoms with van der Waals surface area (Å²) < 4.78 is 18.0. The molecular formula is C45H60N24O6. The predicted molar refractivity (Wildman–Crippen MR) is 271 cm³/mol. The molecule has 0 amide bonds. The number of nitrogens with zero attached hydrogens (tertiary/aromatic N) is 21. The van der Waals surface area contributed by atoms with E-state index < -0.39 is 24.3 Å². The van der Waals surface area contributed by atoms with Crippen LogP contribution < -0.4 is 17.2 Å². The van der Waals surface area contributed by atoms with Crippen molar-refractivity contribution in [1.82, 2.24) is 73.6 Å². The van der Waals surface area contributed by atoms with E-state index in [9.17, 15) is 19.5 Å². The lowest BCUT2D eigenvalue weighted by molar-refractivity contribution is 0.0591. The Morgan fingerprint density at radius 2 is 0.787 bits per heavy atom. The van der Waals surface area contributed by atoms with Gasteiger partial charge in [-0.3, -0.25) is 4.79 Å². The van der Waals surface area contributed by atoms with E-state index >= 15 is 0 Å². The van der Waals surface area contributed by atoms with Crippen LogP contribution in [0.3, 0.4) is 0 Å². The summed E-state index contributed by atoms with van der Waals surface area (Å²) in [4.78, 5) is 52.9. The van der Waals surface area contributed by atoms with Gasteiger partial charge in [0.15, 0.2) is 57.8 Å². The number of aryl methyl sites for hydroxylation is 9. The van der Waals surface area contributed by atoms with Crippen molar-refractivity contribution < 1.29 is 29.0 Å². The summed E-state index contributed by atoms with van der Waals surface area (Å²) in [5.74, 6) is -2.20. The quantitative estimate of drug-likeness (QED) is 0.0327. The number of anilines is 3. The van der Waals surface area contributed by atoms with Crippen LogP contribution in [0.4, 0.5) is 52.0 Å². The van der Waals surface area contributed by atoms with Gasteiger partial charge in [0.25, 0.3) is 17.8 Å². The summed E-state index contributed by atoms with van der Waals surface area (Å²) in [5.41, 5.74) is 24.0. The molecule has 30 nitrogen and oxygen atoms in total. The molecule has 0 aliphatic heterocycles. The number of aliphatic hydroxyl groups is 1. The molecule has 0 unspecified atom stereocenters. The molecule has 396 valence electrons. The Kier molecular flexibility index (Phi) is 16.4. The number of aromatic nitrogens is 15. The summed E-state index contributed by atoms with van der Waals surface area (Å²) >= 11 is 0. The van der Waals surface area contributed by atoms with Gasteiger partial charge in [0.2, 0.25) is 0 Å². The van der Waals surface area contributed by atoms with E-state index in [1.807, 2.05) is 20.8 Å². The molecule has 7 heterocycles. The number of hydrogen-bond acceptors (Lipinski definition) is 24. The van der Waals surface area contributed by atoms with Crippen LogP contribution >= 0.6 is 0 Å². The van der Waals surface area contributed by atoms with Crippen LogP contribution in [0.1, 0.15) is 125 Å². The zero-order valence-electron chi connectivity index (χ0n) is 43.7. The number of carbonyl (C=O) groups excluding carboxylic acids is 3. The third-order valence-corrected chi connectivity index (χ3v) is 11.9. The minimum Gasteiger partial charge on any atom is -0.465 e. The van der Waals surface area contributed by atoms with E-state index in [1.165, 1.54) is 42.3 Å². The van der Waals surface area contributed by atoms with Gasteiger partial charge in [-0.1, -0.05) is 40.0 Å². The normalized spacial score (nSPS) is 11.9. The minimum atomic E-state index is -0.766. The molecule has 0 radical (unpaired) electrons. The van der Waals surface area contributed by atoms with Crippen molar-refractivity contribution >= 4 is 69.7 Å². The molecule has 7 N–H and O–H groups in total. The lowest BCUT2D eigenvalue weighted by Crippen LogP contribution is -2.17. The Morgan fingerprint density at radius 3 is 1.07 bits per heavy atom. The van der Waals surface area contributed by atoms with E-state index in [2.05, 4.69) is 46.0 Å². The topological polar surface area (TPSA) is 388 Å². The highest BCUT2D eigenvalue weighted by Gasteiger charge is 2.29. The minimum absolute atomic E-state index is 0.0443. The van der Waals surface area contributed by atoms with Gasteiger partial charge in [0.1, 0.15) is 17.7 Å². The number of ketones is 1. The highest BCUT2D eigenvalue weighted by molar-refractivity contribution is 6.02. The number of nitrogens with two attached hydrogens (primary N) is 3. The van der Waals surface area contributed by atoms with Crippen LogP contribution in [-0.4, -0.2) is 117 Å². The van der Waals surface area contributed by atoms with Crippen LogP contribution in [-0.2, 0) is 49.9 Å². The maximum absolute atomic E-state index is 12.8. The fourth-order valence-corrected chi connectivity index (χ4v) is 8.02. The predicted octanol–water partition coefficient (Wildman–Crippen LogP) is 6.32. The third kappa shape index (κ3) is 10.6. The first-order valence-electron chi connectivity index (χ1n) is 24.0. The van der Waals surface area contributed by atoms with E-state index in [0.29, 0.717) is 72.7 Å². The highest BCUT2D eigenvalue weighted by atomic mass is 16.5. The van der Waals surface area contributed by atoms with Crippen molar-refractivity contribution in [2.45, 2.75) is 99.3 Å². The fraction of sp³-hybridized carbons (Fsp3) is 0.467. The summed E-state index contributed by atoms with van der Waals surface area (Å²) in [7, 11) is 7.34. The smallest absolute Gasteiger partial charge is 0.343 e. The number of esters is 2. The highest BCUT2D eigenvalue weighted by Crippen LogP contribution is 2.37. The van der Waals surface area contributed by atoms with Gasteiger partial charge in [-0.05, 0) is 59.3 Å². The summed E-state index contributed by atoms with van der Waals surface area (Å²) in [6, 6.07) is 0. The second-order valence-electron chi connectivity index (χ2n) is 17.2. The standard InChI is InChI=1S/C45H60N24O6/c1-12-15-18-25-32(52-55-38-29(28(71)21-70)22(4)58-64(38)7)35(46)67(61-25)43-49-44(68-36(47)33(26(62-68)19-16-13-2)53-56-39-30(41(72)74-10)23(5)59-65(39)8)51-45(50-43)69-37(48)34(27(63-69)20-17-14-3)54-57-40-31(42(73)75-11)24(6)60-66(40)9/h70H,12-21,46-48H2,1-11H3/b55-52+,56-53+,57-54+. The number of unbranched alkanes of at least 4 members (excludes halogenated alkanes) is 3. The van der Waals surface area contributed by atoms with E-state index in [0.717, 1.165) is 19.3 Å². The first-order valence-corrected chi connectivity index (χ1v) is 24.0. The third-order valence-electron chi connectivity index (χ3n) is 11.9. The number of hydrogen-bond donors (Lipinski definition) is 4. The molecule has 75 heavy (non-hydrogen) atoms. The second kappa shape index (κ2) is 22.9. The van der Waals surface area contributed by atoms with Crippen LogP contribution in [0.5, 0.6) is 0 Å². The van der Waals surface area contributed by atoms with Crippen molar-refractivity contribution in [3.05, 3.63) is 50.9 Å². The molecule has 7 rings (SSSR count). The van der Waals surface area contributed by atoms with Crippen molar-refractivity contribution in [2.24, 2.45) is 51.8 Å². The SMILES string of the molecule is CCCCc1nn(-c2nc(-n3nc(CCCC)c(/N=N/c4c(C(=O)OC)c(C)nn4C)c3N)nc(-n3nc(CCCC)c(/N=N/c4c(C(=O)OC)c(C)nn4C)c3N)n2)c(N)c1/N=N/c1c(C(=O)CO)c(C)nn1C. The van der Waals surface area contributed by atoms with Crippen LogP contribution in [0, 0.1) is 20.8 Å². The van der Waals surface area contributed by atoms with Crippen molar-refractivity contribution in [1.29, 1.82) is 0 Å². The number of rotatable bonds is 22. The molecule has 0 saturated heterocycles. The number of carbonyl (C=O) groups is 3. The lowest BCUT2D eigenvalue weighted by atomic mass is 10.1. The van der Waals surface area contributed by atoms with Crippen LogP contribution in [0.15, 0.2) is 30.7 Å². The van der Waals surface area contributed by atoms with Gasteiger partial charge in [-0.2, -0.15) is 59.6 Å². The van der Waals surface area contributed by atoms with Crippen LogP contribution in [0.25, 0.3) is 17.8 Å². The Morgan fingerprint density at radius 1 is 0.493 bits per heavy atom. The molecular weight excluding hydrogens is 973 g/mol. The Balaban J connectivity index is 1.47. The number of ether oxygens (including phenoxy) is 2. The molecule has 0 saturated carbocycles. The maximum atomic E-state index is 12.8. The average molecular weight is 1030 g/mol. The summed E-state index contributed by atoms with van der Waals surface area (Å²) in [5, 5.41) is 64.2. The van der Waals surface area contributed by atoms with Gasteiger partial charge >= 0.3 is 11.9 Å².